The molecule has 5 nitrogen and oxygen atoms in total. The molecule has 0 amide bonds. The van der Waals surface area contributed by atoms with Crippen LogP contribution in [0, 0.1) is 12.9 Å². The van der Waals surface area contributed by atoms with Crippen LogP contribution in [0.3, 0.4) is 0 Å². The van der Waals surface area contributed by atoms with Gasteiger partial charge in [-0.3, -0.25) is 9.69 Å². The van der Waals surface area contributed by atoms with Crippen LogP contribution in [0.15, 0.2) is 34.6 Å². The van der Waals surface area contributed by atoms with E-state index in [4.69, 9.17) is 0 Å². The fraction of sp³-hybridized carbons (Fsp3) is 0.278. The normalized spacial score (nSPS) is 14.5. The fourth-order valence-corrected chi connectivity index (χ4v) is 3.78. The summed E-state index contributed by atoms with van der Waals surface area (Å²) < 4.78 is 14.0. The van der Waals surface area contributed by atoms with Gasteiger partial charge in [0.1, 0.15) is 0 Å². The summed E-state index contributed by atoms with van der Waals surface area (Å²) in [6.45, 7) is 3.52. The minimum Gasteiger partial charge on any atom is -0.306 e. The summed E-state index contributed by atoms with van der Waals surface area (Å²) in [5.74, 6) is 0.187. The molecule has 3 aromatic rings. The fourth-order valence-electron chi connectivity index (χ4n) is 3.12. The first kappa shape index (κ1) is 16.1. The van der Waals surface area contributed by atoms with Crippen molar-refractivity contribution in [3.05, 3.63) is 68.5 Å². The van der Waals surface area contributed by atoms with Crippen molar-refractivity contribution < 1.29 is 4.39 Å². The number of aromatic amines is 1. The molecule has 25 heavy (non-hydrogen) atoms. The van der Waals surface area contributed by atoms with Gasteiger partial charge in [0, 0.05) is 37.8 Å². The van der Waals surface area contributed by atoms with Crippen molar-refractivity contribution in [3.63, 3.8) is 0 Å². The smallest absolute Gasteiger partial charge is 0.255 e. The number of aromatic nitrogens is 3. The summed E-state index contributed by atoms with van der Waals surface area (Å²) >= 11 is 1.55. The molecule has 4 rings (SSSR count). The molecule has 0 radical (unpaired) electrons. The number of halogens is 1. The number of hydrogen-bond acceptors (Lipinski definition) is 5. The van der Waals surface area contributed by atoms with Gasteiger partial charge in [0.25, 0.3) is 5.56 Å². The second-order valence-electron chi connectivity index (χ2n) is 6.17. The first-order valence-corrected chi connectivity index (χ1v) is 8.98. The number of nitrogens with one attached hydrogen (secondary N) is 1. The topological polar surface area (TPSA) is 61.9 Å². The molecule has 1 N–H and O–H groups in total. The first-order valence-electron chi connectivity index (χ1n) is 8.10. The maximum Gasteiger partial charge on any atom is 0.255 e. The summed E-state index contributed by atoms with van der Waals surface area (Å²) in [6.07, 6.45) is 2.15. The van der Waals surface area contributed by atoms with E-state index in [0.717, 1.165) is 22.7 Å². The number of pyridine rings is 1. The summed E-state index contributed by atoms with van der Waals surface area (Å²) in [4.78, 5) is 26.8. The van der Waals surface area contributed by atoms with Crippen LogP contribution >= 0.6 is 11.3 Å². The molecule has 0 saturated heterocycles. The summed E-state index contributed by atoms with van der Waals surface area (Å²) in [5, 5.41) is 1.96. The van der Waals surface area contributed by atoms with Crippen molar-refractivity contribution in [3.8, 4) is 10.7 Å². The Morgan fingerprint density at radius 1 is 1.40 bits per heavy atom. The molecule has 7 heteroatoms. The van der Waals surface area contributed by atoms with Gasteiger partial charge in [-0.2, -0.15) is 4.39 Å². The Morgan fingerprint density at radius 3 is 3.04 bits per heavy atom. The van der Waals surface area contributed by atoms with Crippen molar-refractivity contribution in [2.75, 3.05) is 6.54 Å². The van der Waals surface area contributed by atoms with Crippen LogP contribution in [0.4, 0.5) is 4.39 Å². The van der Waals surface area contributed by atoms with Crippen molar-refractivity contribution in [2.24, 2.45) is 0 Å². The Balaban J connectivity index is 1.61. The van der Waals surface area contributed by atoms with Gasteiger partial charge in [0.2, 0.25) is 5.95 Å². The third kappa shape index (κ3) is 3.12. The zero-order valence-corrected chi connectivity index (χ0v) is 14.6. The van der Waals surface area contributed by atoms with E-state index in [0.29, 0.717) is 36.5 Å². The molecule has 0 atom stereocenters. The predicted molar refractivity (Wildman–Crippen MR) is 94.9 cm³/mol. The average molecular weight is 356 g/mol. The van der Waals surface area contributed by atoms with E-state index in [-0.39, 0.29) is 5.56 Å². The van der Waals surface area contributed by atoms with E-state index in [2.05, 4.69) is 19.9 Å². The van der Waals surface area contributed by atoms with Crippen molar-refractivity contribution in [1.29, 1.82) is 0 Å². The van der Waals surface area contributed by atoms with E-state index < -0.39 is 5.95 Å². The minimum atomic E-state index is -0.439. The molecule has 0 fully saturated rings. The van der Waals surface area contributed by atoms with Gasteiger partial charge in [-0.05, 0) is 30.0 Å². The Hall–Kier alpha value is -2.38. The number of nitrogens with zero attached hydrogens (tertiary/aromatic N) is 3. The van der Waals surface area contributed by atoms with Crippen LogP contribution in [0.5, 0.6) is 0 Å². The molecule has 128 valence electrons. The van der Waals surface area contributed by atoms with Crippen LogP contribution in [-0.4, -0.2) is 26.4 Å². The predicted octanol–water partition coefficient (Wildman–Crippen LogP) is 2.90. The average Bonchev–Trinajstić information content (AvgIpc) is 3.13. The highest BCUT2D eigenvalue weighted by Crippen LogP contribution is 2.23. The SMILES string of the molecule is Cc1ccnc(F)c1CN1CCc2nc(-c3cccs3)[nH]c(=O)c2C1. The number of rotatable bonds is 3. The third-order valence-electron chi connectivity index (χ3n) is 4.52. The van der Waals surface area contributed by atoms with Crippen LogP contribution in [-0.2, 0) is 19.5 Å². The van der Waals surface area contributed by atoms with Crippen molar-refractivity contribution in [2.45, 2.75) is 26.4 Å². The lowest BCUT2D eigenvalue weighted by atomic mass is 10.0. The molecule has 1 aliphatic heterocycles. The lowest BCUT2D eigenvalue weighted by Gasteiger charge is -2.28. The number of aryl methyl sites for hydroxylation is 1. The Bertz CT molecular complexity index is 947. The Labute approximate surface area is 148 Å². The molecular formula is C18H17FN4OS. The van der Waals surface area contributed by atoms with Gasteiger partial charge in [-0.15, -0.1) is 11.3 Å². The standard InChI is InChI=1S/C18H17FN4OS/c1-11-4-6-20-16(19)12(11)9-23-7-5-14-13(10-23)18(24)22-17(21-14)15-3-2-8-25-15/h2-4,6,8H,5,7,9-10H2,1H3,(H,21,22,24). The first-order chi connectivity index (χ1) is 12.1. The maximum absolute atomic E-state index is 14.0. The lowest BCUT2D eigenvalue weighted by Crippen LogP contribution is -2.35. The highest BCUT2D eigenvalue weighted by atomic mass is 32.1. The quantitative estimate of drug-likeness (QED) is 0.733. The van der Waals surface area contributed by atoms with E-state index in [1.807, 2.05) is 24.4 Å². The monoisotopic (exact) mass is 356 g/mol. The summed E-state index contributed by atoms with van der Waals surface area (Å²) in [6, 6.07) is 5.68. The van der Waals surface area contributed by atoms with Crippen LogP contribution in [0.1, 0.15) is 22.4 Å². The molecule has 0 unspecified atom stereocenters. The van der Waals surface area contributed by atoms with E-state index in [9.17, 15) is 9.18 Å². The number of hydrogen-bond donors (Lipinski definition) is 1. The second-order valence-corrected chi connectivity index (χ2v) is 7.12. The van der Waals surface area contributed by atoms with E-state index in [1.54, 1.807) is 17.4 Å². The molecule has 0 aromatic carbocycles. The molecule has 3 aromatic heterocycles. The number of H-pyrrole nitrogens is 1. The van der Waals surface area contributed by atoms with Gasteiger partial charge in [0.05, 0.1) is 16.1 Å². The zero-order chi connectivity index (χ0) is 17.4. The van der Waals surface area contributed by atoms with E-state index >= 15 is 0 Å². The molecule has 0 bridgehead atoms. The van der Waals surface area contributed by atoms with Gasteiger partial charge in [0.15, 0.2) is 5.82 Å². The molecule has 0 saturated carbocycles. The van der Waals surface area contributed by atoms with Crippen LogP contribution in [0.25, 0.3) is 10.7 Å². The van der Waals surface area contributed by atoms with Gasteiger partial charge in [-0.25, -0.2) is 9.97 Å². The Kier molecular flexibility index (Phi) is 4.19. The summed E-state index contributed by atoms with van der Waals surface area (Å²) in [7, 11) is 0. The van der Waals surface area contributed by atoms with Crippen LogP contribution in [0.2, 0.25) is 0 Å². The number of fused-ring (bicyclic) bond motifs is 1. The minimum absolute atomic E-state index is 0.110. The second kappa shape index (κ2) is 6.50. The third-order valence-corrected chi connectivity index (χ3v) is 5.40. The van der Waals surface area contributed by atoms with Crippen molar-refractivity contribution in [1.82, 2.24) is 19.9 Å². The molecule has 1 aliphatic rings. The van der Waals surface area contributed by atoms with Gasteiger partial charge in [-0.1, -0.05) is 6.07 Å². The lowest BCUT2D eigenvalue weighted by molar-refractivity contribution is 0.237. The molecule has 4 heterocycles. The molecule has 0 aliphatic carbocycles. The highest BCUT2D eigenvalue weighted by Gasteiger charge is 2.23. The highest BCUT2D eigenvalue weighted by molar-refractivity contribution is 7.13. The van der Waals surface area contributed by atoms with Gasteiger partial charge < -0.3 is 4.98 Å². The maximum atomic E-state index is 14.0. The number of thiophene rings is 1. The van der Waals surface area contributed by atoms with Gasteiger partial charge >= 0.3 is 0 Å². The zero-order valence-electron chi connectivity index (χ0n) is 13.8. The van der Waals surface area contributed by atoms with Crippen LogP contribution < -0.4 is 5.56 Å². The molecular weight excluding hydrogens is 339 g/mol. The molecule has 0 spiro atoms. The Morgan fingerprint density at radius 2 is 2.28 bits per heavy atom. The largest absolute Gasteiger partial charge is 0.306 e. The van der Waals surface area contributed by atoms with Crippen molar-refractivity contribution >= 4 is 11.3 Å². The van der Waals surface area contributed by atoms with E-state index in [1.165, 1.54) is 6.20 Å². The summed E-state index contributed by atoms with van der Waals surface area (Å²) in [5.41, 5.74) is 2.87.